The first-order valence-corrected chi connectivity index (χ1v) is 8.75. The summed E-state index contributed by atoms with van der Waals surface area (Å²) < 4.78 is 0. The van der Waals surface area contributed by atoms with Crippen molar-refractivity contribution in [1.29, 1.82) is 0 Å². The molecule has 3 heteroatoms. The first-order chi connectivity index (χ1) is 10.3. The van der Waals surface area contributed by atoms with Crippen molar-refractivity contribution in [1.82, 2.24) is 9.88 Å². The third-order valence-corrected chi connectivity index (χ3v) is 4.99. The van der Waals surface area contributed by atoms with Gasteiger partial charge in [-0.2, -0.15) is 0 Å². The number of pyridine rings is 1. The van der Waals surface area contributed by atoms with Crippen LogP contribution in [0.2, 0.25) is 0 Å². The highest BCUT2D eigenvalue weighted by Gasteiger charge is 2.24. The number of aromatic nitrogens is 1. The Labute approximate surface area is 129 Å². The van der Waals surface area contributed by atoms with Crippen LogP contribution in [-0.2, 0) is 0 Å². The Hall–Kier alpha value is -1.09. The van der Waals surface area contributed by atoms with Crippen LogP contribution >= 0.6 is 0 Å². The second kappa shape index (κ2) is 6.78. The Morgan fingerprint density at radius 2 is 1.90 bits per heavy atom. The first kappa shape index (κ1) is 14.8. The van der Waals surface area contributed by atoms with E-state index in [1.54, 1.807) is 0 Å². The molecule has 0 aromatic carbocycles. The molecule has 116 valence electrons. The zero-order valence-corrected chi connectivity index (χ0v) is 13.6. The summed E-state index contributed by atoms with van der Waals surface area (Å²) >= 11 is 0. The Morgan fingerprint density at radius 3 is 2.62 bits per heavy atom. The second-order valence-corrected chi connectivity index (χ2v) is 6.65. The quantitative estimate of drug-likeness (QED) is 0.836. The van der Waals surface area contributed by atoms with Crippen LogP contribution in [-0.4, -0.2) is 36.1 Å². The van der Waals surface area contributed by atoms with Crippen LogP contribution in [0.4, 0.5) is 5.82 Å². The summed E-state index contributed by atoms with van der Waals surface area (Å²) in [5.74, 6) is 1.22. The predicted molar refractivity (Wildman–Crippen MR) is 88.9 cm³/mol. The normalized spacial score (nSPS) is 23.7. The molecular weight excluding hydrogens is 258 g/mol. The van der Waals surface area contributed by atoms with Gasteiger partial charge in [-0.15, -0.1) is 0 Å². The summed E-state index contributed by atoms with van der Waals surface area (Å²) in [6, 6.07) is 3.00. The van der Waals surface area contributed by atoms with Crippen LogP contribution in [0.15, 0.2) is 12.3 Å². The highest BCUT2D eigenvalue weighted by Crippen LogP contribution is 2.32. The molecule has 1 atom stereocenters. The van der Waals surface area contributed by atoms with E-state index in [1.807, 2.05) is 0 Å². The zero-order chi connectivity index (χ0) is 14.7. The second-order valence-electron chi connectivity index (χ2n) is 6.65. The van der Waals surface area contributed by atoms with E-state index in [9.17, 15) is 0 Å². The van der Waals surface area contributed by atoms with Gasteiger partial charge in [-0.25, -0.2) is 4.98 Å². The predicted octanol–water partition coefficient (Wildman–Crippen LogP) is 3.93. The Bertz CT molecular complexity index is 464. The van der Waals surface area contributed by atoms with Crippen LogP contribution in [0.5, 0.6) is 0 Å². The van der Waals surface area contributed by atoms with Crippen molar-refractivity contribution in [3.63, 3.8) is 0 Å². The minimum atomic E-state index is 0.595. The van der Waals surface area contributed by atoms with Gasteiger partial charge in [0.2, 0.25) is 0 Å². The number of aryl methyl sites for hydroxylation is 1. The molecule has 0 bridgehead atoms. The van der Waals surface area contributed by atoms with Gasteiger partial charge in [0, 0.05) is 25.3 Å². The number of rotatable bonds is 4. The van der Waals surface area contributed by atoms with E-state index in [0.717, 1.165) is 0 Å². The molecule has 0 saturated carbocycles. The fraction of sp³-hybridized carbons (Fsp3) is 0.722. The topological polar surface area (TPSA) is 19.4 Å². The lowest BCUT2D eigenvalue weighted by Gasteiger charge is -2.36. The molecule has 1 aromatic rings. The fourth-order valence-electron chi connectivity index (χ4n) is 3.95. The van der Waals surface area contributed by atoms with Crippen molar-refractivity contribution in [2.24, 2.45) is 0 Å². The molecule has 2 saturated heterocycles. The van der Waals surface area contributed by atoms with Crippen molar-refractivity contribution in [2.45, 2.75) is 58.4 Å². The van der Waals surface area contributed by atoms with Gasteiger partial charge in [-0.3, -0.25) is 4.90 Å². The van der Waals surface area contributed by atoms with E-state index in [0.29, 0.717) is 6.04 Å². The van der Waals surface area contributed by atoms with E-state index >= 15 is 0 Å². The van der Waals surface area contributed by atoms with Crippen LogP contribution in [0.1, 0.15) is 62.6 Å². The lowest BCUT2D eigenvalue weighted by atomic mass is 9.95. The smallest absolute Gasteiger partial charge is 0.131 e. The molecule has 2 aliphatic heterocycles. The molecule has 0 aliphatic carbocycles. The maximum atomic E-state index is 4.83. The minimum Gasteiger partial charge on any atom is -0.356 e. The van der Waals surface area contributed by atoms with Gasteiger partial charge in [0.05, 0.1) is 0 Å². The van der Waals surface area contributed by atoms with Gasteiger partial charge in [0.1, 0.15) is 5.82 Å². The molecule has 0 radical (unpaired) electrons. The molecule has 0 spiro atoms. The SMILES string of the molecule is CCCN1CCCC[C@H]1c1cnc(N2CCCC2)c(C)c1. The molecule has 2 fully saturated rings. The number of piperidine rings is 1. The van der Waals surface area contributed by atoms with E-state index in [-0.39, 0.29) is 0 Å². The van der Waals surface area contributed by atoms with Crippen molar-refractivity contribution < 1.29 is 0 Å². The van der Waals surface area contributed by atoms with Crippen molar-refractivity contribution >= 4 is 5.82 Å². The Morgan fingerprint density at radius 1 is 1.14 bits per heavy atom. The van der Waals surface area contributed by atoms with Crippen LogP contribution in [0.25, 0.3) is 0 Å². The molecule has 3 heterocycles. The third kappa shape index (κ3) is 3.23. The highest BCUT2D eigenvalue weighted by atomic mass is 15.2. The van der Waals surface area contributed by atoms with Gasteiger partial charge >= 0.3 is 0 Å². The van der Waals surface area contributed by atoms with Crippen molar-refractivity contribution in [3.8, 4) is 0 Å². The summed E-state index contributed by atoms with van der Waals surface area (Å²) in [7, 11) is 0. The van der Waals surface area contributed by atoms with Gasteiger partial charge in [0.25, 0.3) is 0 Å². The lowest BCUT2D eigenvalue weighted by molar-refractivity contribution is 0.149. The summed E-state index contributed by atoms with van der Waals surface area (Å²) in [4.78, 5) is 9.94. The molecule has 3 rings (SSSR count). The third-order valence-electron chi connectivity index (χ3n) is 4.99. The number of anilines is 1. The molecule has 3 nitrogen and oxygen atoms in total. The van der Waals surface area contributed by atoms with Crippen LogP contribution in [0.3, 0.4) is 0 Å². The highest BCUT2D eigenvalue weighted by molar-refractivity contribution is 5.48. The lowest BCUT2D eigenvalue weighted by Crippen LogP contribution is -2.34. The molecule has 2 aliphatic rings. The maximum Gasteiger partial charge on any atom is 0.131 e. The summed E-state index contributed by atoms with van der Waals surface area (Å²) in [6.07, 6.45) is 10.0. The summed E-state index contributed by atoms with van der Waals surface area (Å²) in [5.41, 5.74) is 2.79. The minimum absolute atomic E-state index is 0.595. The Balaban J connectivity index is 1.79. The van der Waals surface area contributed by atoms with Gasteiger partial charge in [0.15, 0.2) is 0 Å². The Kier molecular flexibility index (Phi) is 4.79. The van der Waals surface area contributed by atoms with E-state index < -0.39 is 0 Å². The number of hydrogen-bond donors (Lipinski definition) is 0. The number of nitrogens with zero attached hydrogens (tertiary/aromatic N) is 3. The molecular formula is C18H29N3. The first-order valence-electron chi connectivity index (χ1n) is 8.75. The molecule has 0 N–H and O–H groups in total. The van der Waals surface area contributed by atoms with Crippen LogP contribution < -0.4 is 4.90 Å². The summed E-state index contributed by atoms with van der Waals surface area (Å²) in [5, 5.41) is 0. The number of hydrogen-bond acceptors (Lipinski definition) is 3. The molecule has 0 amide bonds. The van der Waals surface area contributed by atoms with Crippen molar-refractivity contribution in [2.75, 3.05) is 31.1 Å². The largest absolute Gasteiger partial charge is 0.356 e. The molecule has 1 aromatic heterocycles. The fourth-order valence-corrected chi connectivity index (χ4v) is 3.95. The summed E-state index contributed by atoms with van der Waals surface area (Å²) in [6.45, 7) is 9.35. The molecule has 21 heavy (non-hydrogen) atoms. The number of likely N-dealkylation sites (tertiary alicyclic amines) is 1. The van der Waals surface area contributed by atoms with Gasteiger partial charge in [-0.05, 0) is 69.3 Å². The van der Waals surface area contributed by atoms with Crippen molar-refractivity contribution in [3.05, 3.63) is 23.4 Å². The monoisotopic (exact) mass is 287 g/mol. The standard InChI is InChI=1S/C18H29N3/c1-3-9-20-10-5-4-8-17(20)16-13-15(2)18(19-14-16)21-11-6-7-12-21/h13-14,17H,3-12H2,1-2H3/t17-/m0/s1. The zero-order valence-electron chi connectivity index (χ0n) is 13.6. The van der Waals surface area contributed by atoms with E-state index in [2.05, 4.69) is 35.9 Å². The van der Waals surface area contributed by atoms with Gasteiger partial charge < -0.3 is 4.90 Å². The van der Waals surface area contributed by atoms with Gasteiger partial charge in [-0.1, -0.05) is 13.3 Å². The average molecular weight is 287 g/mol. The average Bonchev–Trinajstić information content (AvgIpc) is 3.02. The van der Waals surface area contributed by atoms with E-state index in [1.165, 1.54) is 81.6 Å². The molecule has 0 unspecified atom stereocenters. The maximum absolute atomic E-state index is 4.83. The van der Waals surface area contributed by atoms with Crippen LogP contribution in [0, 0.1) is 6.92 Å². The van der Waals surface area contributed by atoms with E-state index in [4.69, 9.17) is 4.98 Å².